The van der Waals surface area contributed by atoms with Crippen LogP contribution < -0.4 is 10.6 Å². The molecular weight excluding hydrogens is 324 g/mol. The SMILES string of the molecule is CN=C(NCc1ccccc1)NCc1ccc(CN2CCCC2=O)cc1. The molecule has 0 aliphatic carbocycles. The average molecular weight is 350 g/mol. The molecule has 2 aromatic carbocycles. The molecule has 0 spiro atoms. The second kappa shape index (κ2) is 9.04. The minimum Gasteiger partial charge on any atom is -0.352 e. The summed E-state index contributed by atoms with van der Waals surface area (Å²) in [6, 6.07) is 18.7. The first-order chi connectivity index (χ1) is 12.7. The number of guanidine groups is 1. The van der Waals surface area contributed by atoms with E-state index in [0.29, 0.717) is 19.5 Å². The van der Waals surface area contributed by atoms with E-state index in [1.54, 1.807) is 7.05 Å². The number of nitrogens with one attached hydrogen (secondary N) is 2. The Morgan fingerprint density at radius 1 is 0.962 bits per heavy atom. The van der Waals surface area contributed by atoms with Crippen LogP contribution in [0.25, 0.3) is 0 Å². The number of carbonyl (C=O) groups excluding carboxylic acids is 1. The predicted octanol–water partition coefficient (Wildman–Crippen LogP) is 2.67. The van der Waals surface area contributed by atoms with Crippen LogP contribution in [-0.4, -0.2) is 30.4 Å². The van der Waals surface area contributed by atoms with Crippen molar-refractivity contribution < 1.29 is 4.79 Å². The third kappa shape index (κ3) is 5.09. The Labute approximate surface area is 155 Å². The van der Waals surface area contributed by atoms with E-state index in [1.807, 2.05) is 23.1 Å². The van der Waals surface area contributed by atoms with Gasteiger partial charge in [0, 0.05) is 39.6 Å². The van der Waals surface area contributed by atoms with Gasteiger partial charge in [0.25, 0.3) is 0 Å². The third-order valence-corrected chi connectivity index (χ3v) is 4.55. The molecule has 0 aromatic heterocycles. The number of hydrogen-bond donors (Lipinski definition) is 2. The summed E-state index contributed by atoms with van der Waals surface area (Å²) in [5.74, 6) is 1.05. The zero-order chi connectivity index (χ0) is 18.2. The van der Waals surface area contributed by atoms with Crippen molar-refractivity contribution in [2.75, 3.05) is 13.6 Å². The Kier molecular flexibility index (Phi) is 6.25. The average Bonchev–Trinajstić information content (AvgIpc) is 3.08. The van der Waals surface area contributed by atoms with Crippen molar-refractivity contribution in [2.24, 2.45) is 4.99 Å². The Balaban J connectivity index is 1.46. The van der Waals surface area contributed by atoms with Crippen molar-refractivity contribution in [1.82, 2.24) is 15.5 Å². The lowest BCUT2D eigenvalue weighted by Gasteiger charge is -2.16. The molecule has 1 saturated heterocycles. The highest BCUT2D eigenvalue weighted by Crippen LogP contribution is 2.14. The first-order valence-electron chi connectivity index (χ1n) is 9.08. The maximum absolute atomic E-state index is 11.7. The summed E-state index contributed by atoms with van der Waals surface area (Å²) in [4.78, 5) is 17.9. The zero-order valence-corrected chi connectivity index (χ0v) is 15.2. The van der Waals surface area contributed by atoms with E-state index in [-0.39, 0.29) is 5.91 Å². The lowest BCUT2D eigenvalue weighted by molar-refractivity contribution is -0.128. The van der Waals surface area contributed by atoms with Gasteiger partial charge in [-0.05, 0) is 23.1 Å². The molecule has 1 amide bonds. The first-order valence-corrected chi connectivity index (χ1v) is 9.08. The van der Waals surface area contributed by atoms with Crippen LogP contribution in [0.3, 0.4) is 0 Å². The van der Waals surface area contributed by atoms with Crippen molar-refractivity contribution >= 4 is 11.9 Å². The van der Waals surface area contributed by atoms with Gasteiger partial charge in [-0.1, -0.05) is 54.6 Å². The van der Waals surface area contributed by atoms with Crippen molar-refractivity contribution in [3.8, 4) is 0 Å². The summed E-state index contributed by atoms with van der Waals surface area (Å²) in [7, 11) is 1.77. The fraction of sp³-hybridized carbons (Fsp3) is 0.333. The zero-order valence-electron chi connectivity index (χ0n) is 15.2. The topological polar surface area (TPSA) is 56.7 Å². The molecule has 26 heavy (non-hydrogen) atoms. The monoisotopic (exact) mass is 350 g/mol. The second-order valence-electron chi connectivity index (χ2n) is 6.50. The Morgan fingerprint density at radius 3 is 2.15 bits per heavy atom. The van der Waals surface area contributed by atoms with Crippen LogP contribution >= 0.6 is 0 Å². The highest BCUT2D eigenvalue weighted by molar-refractivity contribution is 5.79. The number of hydrogen-bond acceptors (Lipinski definition) is 2. The summed E-state index contributed by atoms with van der Waals surface area (Å²) in [5.41, 5.74) is 3.58. The van der Waals surface area contributed by atoms with Gasteiger partial charge in [-0.3, -0.25) is 9.79 Å². The summed E-state index contributed by atoms with van der Waals surface area (Å²) < 4.78 is 0. The van der Waals surface area contributed by atoms with E-state index in [2.05, 4.69) is 52.0 Å². The van der Waals surface area contributed by atoms with Gasteiger partial charge in [0.15, 0.2) is 5.96 Å². The van der Waals surface area contributed by atoms with E-state index >= 15 is 0 Å². The minimum absolute atomic E-state index is 0.268. The Morgan fingerprint density at radius 2 is 1.58 bits per heavy atom. The Hall–Kier alpha value is -2.82. The van der Waals surface area contributed by atoms with Gasteiger partial charge >= 0.3 is 0 Å². The van der Waals surface area contributed by atoms with Crippen LogP contribution in [0.4, 0.5) is 0 Å². The molecule has 5 nitrogen and oxygen atoms in total. The Bertz CT molecular complexity index is 740. The lowest BCUT2D eigenvalue weighted by Crippen LogP contribution is -2.36. The fourth-order valence-electron chi connectivity index (χ4n) is 3.04. The number of aliphatic imine (C=N–C) groups is 1. The van der Waals surface area contributed by atoms with Gasteiger partial charge < -0.3 is 15.5 Å². The summed E-state index contributed by atoms with van der Waals surface area (Å²) in [5, 5.41) is 6.65. The molecule has 1 aliphatic heterocycles. The maximum atomic E-state index is 11.7. The number of rotatable bonds is 6. The third-order valence-electron chi connectivity index (χ3n) is 4.55. The number of likely N-dealkylation sites (tertiary alicyclic amines) is 1. The summed E-state index contributed by atoms with van der Waals surface area (Å²) >= 11 is 0. The highest BCUT2D eigenvalue weighted by Gasteiger charge is 2.19. The van der Waals surface area contributed by atoms with Gasteiger partial charge in [-0.2, -0.15) is 0 Å². The molecule has 0 atom stereocenters. The van der Waals surface area contributed by atoms with Crippen LogP contribution in [-0.2, 0) is 24.4 Å². The molecule has 0 saturated carbocycles. The molecule has 2 aromatic rings. The highest BCUT2D eigenvalue weighted by atomic mass is 16.2. The van der Waals surface area contributed by atoms with Gasteiger partial charge in [0.05, 0.1) is 0 Å². The molecule has 0 radical (unpaired) electrons. The molecular formula is C21H26N4O. The summed E-state index contributed by atoms with van der Waals surface area (Å²) in [6.45, 7) is 3.04. The van der Waals surface area contributed by atoms with Crippen LogP contribution in [0.1, 0.15) is 29.5 Å². The normalized spacial score (nSPS) is 14.6. The molecule has 0 bridgehead atoms. The van der Waals surface area contributed by atoms with Crippen molar-refractivity contribution in [2.45, 2.75) is 32.5 Å². The smallest absolute Gasteiger partial charge is 0.222 e. The number of amides is 1. The van der Waals surface area contributed by atoms with Crippen LogP contribution in [0.5, 0.6) is 0 Å². The van der Waals surface area contributed by atoms with Crippen LogP contribution in [0.15, 0.2) is 59.6 Å². The fourth-order valence-corrected chi connectivity index (χ4v) is 3.04. The quantitative estimate of drug-likeness (QED) is 0.622. The van der Waals surface area contributed by atoms with Crippen LogP contribution in [0, 0.1) is 0 Å². The number of carbonyl (C=O) groups is 1. The second-order valence-corrected chi connectivity index (χ2v) is 6.50. The largest absolute Gasteiger partial charge is 0.352 e. The van der Waals surface area contributed by atoms with Gasteiger partial charge in [0.1, 0.15) is 0 Å². The van der Waals surface area contributed by atoms with E-state index in [4.69, 9.17) is 0 Å². The van der Waals surface area contributed by atoms with Crippen molar-refractivity contribution in [1.29, 1.82) is 0 Å². The van der Waals surface area contributed by atoms with Gasteiger partial charge in [-0.15, -0.1) is 0 Å². The van der Waals surface area contributed by atoms with Crippen molar-refractivity contribution in [3.63, 3.8) is 0 Å². The number of benzene rings is 2. The van der Waals surface area contributed by atoms with E-state index in [1.165, 1.54) is 16.7 Å². The lowest BCUT2D eigenvalue weighted by atomic mass is 10.1. The molecule has 136 valence electrons. The molecule has 1 aliphatic rings. The van der Waals surface area contributed by atoms with E-state index in [0.717, 1.165) is 25.5 Å². The maximum Gasteiger partial charge on any atom is 0.222 e. The number of nitrogens with zero attached hydrogens (tertiary/aromatic N) is 2. The van der Waals surface area contributed by atoms with Gasteiger partial charge in [-0.25, -0.2) is 0 Å². The minimum atomic E-state index is 0.268. The van der Waals surface area contributed by atoms with Crippen molar-refractivity contribution in [3.05, 3.63) is 71.3 Å². The molecule has 5 heteroatoms. The standard InChI is InChI=1S/C21H26N4O/c1-22-21(23-14-17-6-3-2-4-7-17)24-15-18-9-11-19(12-10-18)16-25-13-5-8-20(25)26/h2-4,6-7,9-12H,5,8,13-16H2,1H3,(H2,22,23,24). The van der Waals surface area contributed by atoms with E-state index < -0.39 is 0 Å². The summed E-state index contributed by atoms with van der Waals surface area (Å²) in [6.07, 6.45) is 1.67. The van der Waals surface area contributed by atoms with Gasteiger partial charge in [0.2, 0.25) is 5.91 Å². The predicted molar refractivity (Wildman–Crippen MR) is 105 cm³/mol. The van der Waals surface area contributed by atoms with E-state index in [9.17, 15) is 4.79 Å². The molecule has 1 heterocycles. The molecule has 0 unspecified atom stereocenters. The molecule has 2 N–H and O–H groups in total. The molecule has 1 fully saturated rings. The molecule has 3 rings (SSSR count). The first kappa shape index (κ1) is 18.0. The van der Waals surface area contributed by atoms with Crippen LogP contribution in [0.2, 0.25) is 0 Å².